The van der Waals surface area contributed by atoms with E-state index in [1.807, 2.05) is 36.4 Å². The van der Waals surface area contributed by atoms with Crippen molar-refractivity contribution in [3.05, 3.63) is 81.9 Å². The minimum atomic E-state index is -0.433. The molecule has 1 aliphatic rings. The zero-order valence-electron chi connectivity index (χ0n) is 20.2. The Bertz CT molecular complexity index is 1230. The zero-order chi connectivity index (χ0) is 25.7. The lowest BCUT2D eigenvalue weighted by molar-refractivity contribution is -0.384. The minimum Gasteiger partial charge on any atom is -0.497 e. The van der Waals surface area contributed by atoms with Gasteiger partial charge in [-0.3, -0.25) is 10.1 Å². The second-order valence-corrected chi connectivity index (χ2v) is 8.47. The number of methoxy groups -OCH3 is 3. The van der Waals surface area contributed by atoms with E-state index in [-0.39, 0.29) is 11.7 Å². The van der Waals surface area contributed by atoms with Crippen molar-refractivity contribution in [3.8, 4) is 23.0 Å². The number of benzene rings is 3. The number of rotatable bonds is 8. The number of nitrogens with one attached hydrogen (secondary N) is 1. The second kappa shape index (κ2) is 11.1. The third-order valence-corrected chi connectivity index (χ3v) is 6.40. The molecule has 0 spiro atoms. The first kappa shape index (κ1) is 25.1. The van der Waals surface area contributed by atoms with Gasteiger partial charge in [-0.2, -0.15) is 0 Å². The summed E-state index contributed by atoms with van der Waals surface area (Å²) in [4.78, 5) is 12.6. The first-order valence-corrected chi connectivity index (χ1v) is 11.7. The van der Waals surface area contributed by atoms with E-state index in [0.717, 1.165) is 23.3 Å². The van der Waals surface area contributed by atoms with Gasteiger partial charge in [-0.25, -0.2) is 0 Å². The molecule has 9 nitrogen and oxygen atoms in total. The zero-order valence-corrected chi connectivity index (χ0v) is 21.0. The molecular formula is C26H27N3O6S. The highest BCUT2D eigenvalue weighted by Gasteiger charge is 2.31. The third kappa shape index (κ3) is 5.44. The van der Waals surface area contributed by atoms with Gasteiger partial charge in [-0.1, -0.05) is 0 Å². The first-order chi connectivity index (χ1) is 17.4. The second-order valence-electron chi connectivity index (χ2n) is 8.09. The number of nitro groups is 1. The van der Waals surface area contributed by atoms with E-state index in [2.05, 4.69) is 10.2 Å². The predicted molar refractivity (Wildman–Crippen MR) is 141 cm³/mol. The molecule has 3 aromatic carbocycles. The number of anilines is 1. The van der Waals surface area contributed by atoms with Crippen molar-refractivity contribution in [1.29, 1.82) is 0 Å². The van der Waals surface area contributed by atoms with Gasteiger partial charge >= 0.3 is 0 Å². The Balaban J connectivity index is 1.61. The average molecular weight is 510 g/mol. The van der Waals surface area contributed by atoms with Gasteiger partial charge in [-0.05, 0) is 78.3 Å². The Morgan fingerprint density at radius 3 is 2.25 bits per heavy atom. The van der Waals surface area contributed by atoms with Gasteiger partial charge in [0, 0.05) is 24.4 Å². The maximum Gasteiger partial charge on any atom is 0.269 e. The summed E-state index contributed by atoms with van der Waals surface area (Å²) in [5, 5.41) is 14.7. The summed E-state index contributed by atoms with van der Waals surface area (Å²) in [6, 6.07) is 17.3. The molecule has 188 valence electrons. The average Bonchev–Trinajstić information content (AvgIpc) is 2.91. The fourth-order valence-corrected chi connectivity index (χ4v) is 4.50. The van der Waals surface area contributed by atoms with Crippen LogP contribution in [-0.4, -0.2) is 49.4 Å². The van der Waals surface area contributed by atoms with E-state index in [1.165, 1.54) is 12.1 Å². The maximum atomic E-state index is 11.0. The number of ether oxygens (including phenoxy) is 4. The molecule has 0 aromatic heterocycles. The molecule has 0 saturated carbocycles. The third-order valence-electron chi connectivity index (χ3n) is 6.06. The van der Waals surface area contributed by atoms with Gasteiger partial charge in [-0.15, -0.1) is 0 Å². The Labute approximate surface area is 214 Å². The lowest BCUT2D eigenvalue weighted by atomic mass is 9.92. The van der Waals surface area contributed by atoms with Crippen LogP contribution in [0.1, 0.15) is 17.2 Å². The van der Waals surface area contributed by atoms with E-state index in [9.17, 15) is 10.1 Å². The fraction of sp³-hybridized carbons (Fsp3) is 0.269. The summed E-state index contributed by atoms with van der Waals surface area (Å²) in [6.45, 7) is 0.981. The molecule has 0 fully saturated rings. The monoisotopic (exact) mass is 509 g/mol. The number of nitrogens with zero attached hydrogens (tertiary/aromatic N) is 2. The lowest BCUT2D eigenvalue weighted by Gasteiger charge is -2.39. The van der Waals surface area contributed by atoms with Crippen LogP contribution < -0.4 is 24.3 Å². The standard InChI is InChI=1S/C26H27N3O6S/c1-32-20-8-10-21(11-9-20)35-16-23-22-15-25(34-3)24(33-2)14-17(22)12-13-28(23)26(36)27-18-4-6-19(7-5-18)29(30)31/h4-11,14-15,23H,12-13,16H2,1-3H3,(H,27,36)/t23-/m0/s1. The van der Waals surface area contributed by atoms with Crippen molar-refractivity contribution in [3.63, 3.8) is 0 Å². The Hall–Kier alpha value is -4.05. The Kier molecular flexibility index (Phi) is 7.74. The largest absolute Gasteiger partial charge is 0.497 e. The number of nitro benzene ring substituents is 1. The number of non-ortho nitro benzene ring substituents is 1. The topological polar surface area (TPSA) is 95.3 Å². The summed E-state index contributed by atoms with van der Waals surface area (Å²) >= 11 is 5.77. The van der Waals surface area contributed by atoms with Crippen molar-refractivity contribution in [2.75, 3.05) is 39.8 Å². The van der Waals surface area contributed by atoms with Crippen molar-refractivity contribution < 1.29 is 23.9 Å². The highest BCUT2D eigenvalue weighted by Crippen LogP contribution is 2.39. The minimum absolute atomic E-state index is 0.0187. The Morgan fingerprint density at radius 1 is 1.00 bits per heavy atom. The lowest BCUT2D eigenvalue weighted by Crippen LogP contribution is -2.44. The summed E-state index contributed by atoms with van der Waals surface area (Å²) in [7, 11) is 4.84. The molecule has 10 heteroatoms. The predicted octanol–water partition coefficient (Wildman–Crippen LogP) is 5.00. The summed E-state index contributed by atoms with van der Waals surface area (Å²) in [6.07, 6.45) is 0.747. The van der Waals surface area contributed by atoms with Crippen LogP contribution in [0.25, 0.3) is 0 Å². The number of hydrogen-bond donors (Lipinski definition) is 1. The number of hydrogen-bond acceptors (Lipinski definition) is 7. The highest BCUT2D eigenvalue weighted by molar-refractivity contribution is 7.80. The summed E-state index contributed by atoms with van der Waals surface area (Å²) in [5.41, 5.74) is 2.84. The summed E-state index contributed by atoms with van der Waals surface area (Å²) < 4.78 is 22.5. The van der Waals surface area contributed by atoms with Crippen LogP contribution in [0, 0.1) is 10.1 Å². The van der Waals surface area contributed by atoms with Crippen LogP contribution in [0.5, 0.6) is 23.0 Å². The van der Waals surface area contributed by atoms with E-state index in [1.54, 1.807) is 33.5 Å². The molecule has 0 amide bonds. The van der Waals surface area contributed by atoms with E-state index in [4.69, 9.17) is 31.2 Å². The molecular weight excluding hydrogens is 482 g/mol. The van der Waals surface area contributed by atoms with Gasteiger partial charge in [0.15, 0.2) is 16.6 Å². The highest BCUT2D eigenvalue weighted by atomic mass is 32.1. The molecule has 0 aliphatic carbocycles. The van der Waals surface area contributed by atoms with Crippen molar-refractivity contribution in [1.82, 2.24) is 4.90 Å². The van der Waals surface area contributed by atoms with Crippen molar-refractivity contribution >= 4 is 28.7 Å². The molecule has 1 atom stereocenters. The molecule has 0 saturated heterocycles. The summed E-state index contributed by atoms with van der Waals surface area (Å²) in [5.74, 6) is 2.75. The molecule has 1 N–H and O–H groups in total. The quantitative estimate of drug-likeness (QED) is 0.256. The SMILES string of the molecule is COc1ccc(OC[C@H]2c3cc(OC)c(OC)cc3CCN2C(=S)Nc2ccc([N+](=O)[O-])cc2)cc1. The van der Waals surface area contributed by atoms with Gasteiger partial charge in [0.05, 0.1) is 32.3 Å². The smallest absolute Gasteiger partial charge is 0.269 e. The Morgan fingerprint density at radius 2 is 1.64 bits per heavy atom. The molecule has 0 bridgehead atoms. The van der Waals surface area contributed by atoms with Gasteiger partial charge in [0.1, 0.15) is 18.1 Å². The first-order valence-electron chi connectivity index (χ1n) is 11.3. The van der Waals surface area contributed by atoms with Crippen LogP contribution in [0.2, 0.25) is 0 Å². The number of thiocarbonyl (C=S) groups is 1. The van der Waals surface area contributed by atoms with E-state index < -0.39 is 4.92 Å². The molecule has 1 heterocycles. The molecule has 4 rings (SSSR count). The van der Waals surface area contributed by atoms with Gasteiger partial charge < -0.3 is 29.2 Å². The van der Waals surface area contributed by atoms with Gasteiger partial charge in [0.2, 0.25) is 0 Å². The van der Waals surface area contributed by atoms with Crippen molar-refractivity contribution in [2.45, 2.75) is 12.5 Å². The van der Waals surface area contributed by atoms with E-state index >= 15 is 0 Å². The van der Waals surface area contributed by atoms with Crippen LogP contribution in [-0.2, 0) is 6.42 Å². The fourth-order valence-electron chi connectivity index (χ4n) is 4.16. The van der Waals surface area contributed by atoms with Crippen LogP contribution in [0.15, 0.2) is 60.7 Å². The number of fused-ring (bicyclic) bond motifs is 1. The molecule has 36 heavy (non-hydrogen) atoms. The maximum absolute atomic E-state index is 11.0. The van der Waals surface area contributed by atoms with E-state index in [0.29, 0.717) is 41.2 Å². The van der Waals surface area contributed by atoms with Crippen LogP contribution >= 0.6 is 12.2 Å². The molecule has 0 radical (unpaired) electrons. The molecule has 1 aliphatic heterocycles. The van der Waals surface area contributed by atoms with Gasteiger partial charge in [0.25, 0.3) is 5.69 Å². The van der Waals surface area contributed by atoms with Crippen LogP contribution in [0.4, 0.5) is 11.4 Å². The van der Waals surface area contributed by atoms with Crippen molar-refractivity contribution in [2.24, 2.45) is 0 Å². The molecule has 0 unspecified atom stereocenters. The normalized spacial score (nSPS) is 14.4. The molecule has 3 aromatic rings. The van der Waals surface area contributed by atoms with Crippen LogP contribution in [0.3, 0.4) is 0 Å².